The summed E-state index contributed by atoms with van der Waals surface area (Å²) in [5.74, 6) is -0.0359. The van der Waals surface area contributed by atoms with E-state index in [1.54, 1.807) is 18.2 Å². The zero-order valence-electron chi connectivity index (χ0n) is 11.9. The van der Waals surface area contributed by atoms with Crippen LogP contribution in [0.5, 0.6) is 0 Å². The number of nitrogen functional groups attached to an aromatic ring is 1. The molecule has 1 aromatic carbocycles. The predicted molar refractivity (Wildman–Crippen MR) is 84.0 cm³/mol. The van der Waals surface area contributed by atoms with Crippen molar-refractivity contribution in [2.24, 2.45) is 0 Å². The molecule has 1 fully saturated rings. The van der Waals surface area contributed by atoms with Gasteiger partial charge >= 0.3 is 0 Å². The van der Waals surface area contributed by atoms with Crippen LogP contribution in [0.2, 0.25) is 5.02 Å². The number of hydrogen-bond acceptors (Lipinski definition) is 3. The lowest BCUT2D eigenvalue weighted by Gasteiger charge is -2.26. The molecular formula is C15H22ClN3O. The molecule has 0 saturated carbocycles. The summed E-state index contributed by atoms with van der Waals surface area (Å²) in [7, 11) is 0. The molecule has 3 N–H and O–H groups in total. The molecule has 1 heterocycles. The Balaban J connectivity index is 1.96. The van der Waals surface area contributed by atoms with Crippen molar-refractivity contribution in [1.82, 2.24) is 4.90 Å². The minimum atomic E-state index is -0.0359. The number of nitrogens with two attached hydrogens (primary N) is 1. The standard InChI is InChI=1S/C15H22ClN3O/c1-11-5-3-2-4-8-19(11)10-15(20)18-14-9-12(17)6-7-13(14)16/h6-7,9,11H,2-5,8,10,17H2,1H3,(H,18,20). The largest absolute Gasteiger partial charge is 0.399 e. The number of halogens is 1. The van der Waals surface area contributed by atoms with Crippen molar-refractivity contribution >= 4 is 28.9 Å². The van der Waals surface area contributed by atoms with Crippen LogP contribution in [-0.2, 0) is 4.79 Å². The van der Waals surface area contributed by atoms with E-state index >= 15 is 0 Å². The SMILES string of the molecule is CC1CCCCCN1CC(=O)Nc1cc(N)ccc1Cl. The first-order valence-electron chi connectivity index (χ1n) is 7.15. The van der Waals surface area contributed by atoms with Gasteiger partial charge in [0.25, 0.3) is 0 Å². The van der Waals surface area contributed by atoms with E-state index in [-0.39, 0.29) is 5.91 Å². The summed E-state index contributed by atoms with van der Waals surface area (Å²) in [6.45, 7) is 3.58. The number of carbonyl (C=O) groups is 1. The molecule has 2 rings (SSSR count). The monoisotopic (exact) mass is 295 g/mol. The van der Waals surface area contributed by atoms with Crippen LogP contribution in [0.1, 0.15) is 32.6 Å². The van der Waals surface area contributed by atoms with Crippen molar-refractivity contribution in [2.75, 3.05) is 24.1 Å². The number of anilines is 2. The number of benzene rings is 1. The molecule has 0 spiro atoms. The van der Waals surface area contributed by atoms with Crippen LogP contribution >= 0.6 is 11.6 Å². The Labute approximate surface area is 125 Å². The van der Waals surface area contributed by atoms with Crippen molar-refractivity contribution in [1.29, 1.82) is 0 Å². The summed E-state index contributed by atoms with van der Waals surface area (Å²) in [6, 6.07) is 5.56. The van der Waals surface area contributed by atoms with Gasteiger partial charge in [0.15, 0.2) is 0 Å². The van der Waals surface area contributed by atoms with Gasteiger partial charge in [-0.1, -0.05) is 24.4 Å². The van der Waals surface area contributed by atoms with Gasteiger partial charge in [-0.3, -0.25) is 9.69 Å². The highest BCUT2D eigenvalue weighted by Crippen LogP contribution is 2.24. The predicted octanol–water partition coefficient (Wildman–Crippen LogP) is 3.13. The molecule has 0 aromatic heterocycles. The first-order chi connectivity index (χ1) is 9.56. The van der Waals surface area contributed by atoms with Gasteiger partial charge in [-0.15, -0.1) is 0 Å². The van der Waals surface area contributed by atoms with Crippen molar-refractivity contribution < 1.29 is 4.79 Å². The highest BCUT2D eigenvalue weighted by Gasteiger charge is 2.19. The second-order valence-corrected chi connectivity index (χ2v) is 5.86. The van der Waals surface area contributed by atoms with Gasteiger partial charge in [-0.25, -0.2) is 0 Å². The summed E-state index contributed by atoms with van der Waals surface area (Å²) >= 11 is 6.05. The highest BCUT2D eigenvalue weighted by atomic mass is 35.5. The molecule has 0 bridgehead atoms. The number of amides is 1. The average molecular weight is 296 g/mol. The molecule has 0 radical (unpaired) electrons. The van der Waals surface area contributed by atoms with Gasteiger partial charge in [0, 0.05) is 11.7 Å². The normalized spacial score (nSPS) is 20.4. The van der Waals surface area contributed by atoms with Crippen molar-refractivity contribution in [3.05, 3.63) is 23.2 Å². The van der Waals surface area contributed by atoms with Crippen LogP contribution in [0.3, 0.4) is 0 Å². The molecule has 1 saturated heterocycles. The molecule has 20 heavy (non-hydrogen) atoms. The Kier molecular flexibility index (Phi) is 5.26. The Morgan fingerprint density at radius 3 is 3.05 bits per heavy atom. The van der Waals surface area contributed by atoms with E-state index in [0.29, 0.717) is 29.0 Å². The molecule has 1 atom stereocenters. The third-order valence-corrected chi connectivity index (χ3v) is 4.13. The minimum Gasteiger partial charge on any atom is -0.399 e. The summed E-state index contributed by atoms with van der Waals surface area (Å²) < 4.78 is 0. The first kappa shape index (κ1) is 15.1. The number of rotatable bonds is 3. The van der Waals surface area contributed by atoms with Crippen LogP contribution in [0.15, 0.2) is 18.2 Å². The van der Waals surface area contributed by atoms with Gasteiger partial charge in [0.2, 0.25) is 5.91 Å². The molecule has 1 aliphatic heterocycles. The lowest BCUT2D eigenvalue weighted by atomic mass is 10.1. The van der Waals surface area contributed by atoms with Crippen LogP contribution in [0.4, 0.5) is 11.4 Å². The highest BCUT2D eigenvalue weighted by molar-refractivity contribution is 6.33. The molecule has 5 heteroatoms. The first-order valence-corrected chi connectivity index (χ1v) is 7.53. The Hall–Kier alpha value is -1.26. The van der Waals surface area contributed by atoms with E-state index in [1.807, 2.05) is 0 Å². The quantitative estimate of drug-likeness (QED) is 0.842. The smallest absolute Gasteiger partial charge is 0.238 e. The summed E-state index contributed by atoms with van der Waals surface area (Å²) in [5, 5.41) is 3.36. The van der Waals surface area contributed by atoms with Crippen molar-refractivity contribution in [3.8, 4) is 0 Å². The van der Waals surface area contributed by atoms with Crippen molar-refractivity contribution in [3.63, 3.8) is 0 Å². The maximum Gasteiger partial charge on any atom is 0.238 e. The van der Waals surface area contributed by atoms with E-state index in [1.165, 1.54) is 12.8 Å². The second kappa shape index (κ2) is 6.95. The van der Waals surface area contributed by atoms with Gasteiger partial charge in [-0.2, -0.15) is 0 Å². The molecule has 1 aliphatic rings. The number of hydrogen-bond donors (Lipinski definition) is 2. The number of nitrogens with one attached hydrogen (secondary N) is 1. The minimum absolute atomic E-state index is 0.0359. The fourth-order valence-electron chi connectivity index (χ4n) is 2.58. The molecule has 1 unspecified atom stereocenters. The van der Waals surface area contributed by atoms with Gasteiger partial charge in [0.1, 0.15) is 0 Å². The molecule has 4 nitrogen and oxygen atoms in total. The third kappa shape index (κ3) is 4.12. The molecule has 1 aromatic rings. The zero-order chi connectivity index (χ0) is 14.5. The van der Waals surface area contributed by atoms with Crippen LogP contribution in [-0.4, -0.2) is 29.9 Å². The molecular weight excluding hydrogens is 274 g/mol. The maximum atomic E-state index is 12.1. The lowest BCUT2D eigenvalue weighted by Crippen LogP contribution is -2.39. The topological polar surface area (TPSA) is 58.4 Å². The molecule has 1 amide bonds. The van der Waals surface area contributed by atoms with E-state index in [0.717, 1.165) is 19.4 Å². The fourth-order valence-corrected chi connectivity index (χ4v) is 2.75. The Morgan fingerprint density at radius 1 is 1.45 bits per heavy atom. The van der Waals surface area contributed by atoms with E-state index in [2.05, 4.69) is 17.1 Å². The second-order valence-electron chi connectivity index (χ2n) is 5.46. The summed E-state index contributed by atoms with van der Waals surface area (Å²) in [5.41, 5.74) is 6.88. The number of carbonyl (C=O) groups excluding carboxylic acids is 1. The van der Waals surface area contributed by atoms with Crippen molar-refractivity contribution in [2.45, 2.75) is 38.6 Å². The number of nitrogens with zero attached hydrogens (tertiary/aromatic N) is 1. The van der Waals surface area contributed by atoms with Crippen LogP contribution < -0.4 is 11.1 Å². The van der Waals surface area contributed by atoms with Gasteiger partial charge in [0.05, 0.1) is 17.3 Å². The average Bonchev–Trinajstić information content (AvgIpc) is 2.59. The molecule has 110 valence electrons. The van der Waals surface area contributed by atoms with E-state index in [9.17, 15) is 4.79 Å². The third-order valence-electron chi connectivity index (χ3n) is 3.80. The van der Waals surface area contributed by atoms with Gasteiger partial charge in [-0.05, 0) is 44.5 Å². The van der Waals surface area contributed by atoms with Crippen LogP contribution in [0, 0.1) is 0 Å². The van der Waals surface area contributed by atoms with E-state index < -0.39 is 0 Å². The molecule has 0 aliphatic carbocycles. The zero-order valence-corrected chi connectivity index (χ0v) is 12.6. The maximum absolute atomic E-state index is 12.1. The Morgan fingerprint density at radius 2 is 2.25 bits per heavy atom. The van der Waals surface area contributed by atoms with Gasteiger partial charge < -0.3 is 11.1 Å². The summed E-state index contributed by atoms with van der Waals surface area (Å²) in [4.78, 5) is 14.4. The van der Waals surface area contributed by atoms with E-state index in [4.69, 9.17) is 17.3 Å². The summed E-state index contributed by atoms with van der Waals surface area (Å²) in [6.07, 6.45) is 4.83. The lowest BCUT2D eigenvalue weighted by molar-refractivity contribution is -0.117. The number of likely N-dealkylation sites (tertiary alicyclic amines) is 1. The fraction of sp³-hybridized carbons (Fsp3) is 0.533. The van der Waals surface area contributed by atoms with Crippen LogP contribution in [0.25, 0.3) is 0 Å². The Bertz CT molecular complexity index is 478.